The summed E-state index contributed by atoms with van der Waals surface area (Å²) in [5, 5.41) is 6.23. The molecular formula is C27H47N6O8PS2. The number of carbonyl (C=O) groups excluding carboxylic acids is 1. The van der Waals surface area contributed by atoms with E-state index in [0.29, 0.717) is 12.4 Å². The molecule has 0 aromatic carbocycles. The molecule has 3 aliphatic rings. The molecule has 3 N–H and O–H groups in total. The first-order valence-electron chi connectivity index (χ1n) is 15.2. The largest absolute Gasteiger partial charge is 0.460 e. The Hall–Kier alpha value is -2.01. The first-order chi connectivity index (χ1) is 21.7. The third-order valence-electron chi connectivity index (χ3n) is 6.47. The van der Waals surface area contributed by atoms with E-state index >= 15 is 0 Å². The van der Waals surface area contributed by atoms with Crippen molar-refractivity contribution in [3.63, 3.8) is 0 Å². The standard InChI is InChI=1S/C26H43N6O7PS2.CH4O/c1-9-11-27-39-40(32(17(2)3)18(4)5)38-23-19(6)36-25(31-12-10-22(28-20(31)7)29-21(8)33)24(23)37-26(41)30-13-15-42(34,35)16-14-30;1-2/h9-10,12,17-19,23-25,27H,1,7,11,13-16H2,2-6,8H3,(H,28,29,33);2H,1H3/t19-,23?,24+,25-,40?;/m1./s1/i6D;2T. The predicted octanol–water partition coefficient (Wildman–Crippen LogP) is 2.01. The van der Waals surface area contributed by atoms with Crippen LogP contribution in [0.4, 0.5) is 0 Å². The minimum atomic E-state index is -3.14. The molecule has 0 bridgehead atoms. The minimum absolute atomic E-state index is 0.0332. The number of nitrogens with one attached hydrogen (secondary N) is 2. The predicted molar refractivity (Wildman–Crippen MR) is 175 cm³/mol. The van der Waals surface area contributed by atoms with Gasteiger partial charge in [0, 0.05) is 53.3 Å². The van der Waals surface area contributed by atoms with E-state index in [1.165, 1.54) is 14.0 Å². The molecule has 1 amide bonds. The number of rotatable bonds is 11. The third kappa shape index (κ3) is 10.5. The molecule has 2 fully saturated rings. The first-order valence-corrected chi connectivity index (χ1v) is 17.4. The Bertz CT molecular complexity index is 1210. The van der Waals surface area contributed by atoms with Gasteiger partial charge in [0.2, 0.25) is 7.34 Å². The van der Waals surface area contributed by atoms with Crippen LogP contribution in [0.5, 0.6) is 0 Å². The van der Waals surface area contributed by atoms with Gasteiger partial charge in [-0.05, 0) is 52.9 Å². The van der Waals surface area contributed by atoms with Crippen LogP contribution in [0, 0.1) is 0 Å². The molecule has 0 aromatic heterocycles. The first kappa shape index (κ1) is 34.9. The molecule has 3 heterocycles. The highest BCUT2D eigenvalue weighted by Gasteiger charge is 2.51. The van der Waals surface area contributed by atoms with Gasteiger partial charge in [-0.1, -0.05) is 12.7 Å². The second-order valence-electron chi connectivity index (χ2n) is 10.5. The summed E-state index contributed by atoms with van der Waals surface area (Å²) in [5.41, 5.74) is 2.89. The molecule has 0 radical (unpaired) electrons. The van der Waals surface area contributed by atoms with E-state index in [4.69, 9.17) is 33.6 Å². The minimum Gasteiger partial charge on any atom is -0.460 e. The number of nitrogens with zero attached hydrogens (tertiary/aromatic N) is 4. The van der Waals surface area contributed by atoms with Crippen LogP contribution in [0.25, 0.3) is 0 Å². The Balaban J connectivity index is 0.00000236. The fourth-order valence-corrected chi connectivity index (χ4v) is 7.72. The zero-order valence-corrected chi connectivity index (χ0v) is 28.7. The van der Waals surface area contributed by atoms with Crippen LogP contribution >= 0.6 is 20.7 Å². The van der Waals surface area contributed by atoms with Gasteiger partial charge >= 0.3 is 0 Å². The van der Waals surface area contributed by atoms with Crippen LogP contribution in [0.15, 0.2) is 42.3 Å². The summed E-state index contributed by atoms with van der Waals surface area (Å²) in [6.45, 7) is 17.9. The number of aliphatic imine (C=N–C) groups is 1. The van der Waals surface area contributed by atoms with Crippen molar-refractivity contribution in [2.75, 3.05) is 38.2 Å². The van der Waals surface area contributed by atoms with E-state index in [2.05, 4.69) is 38.7 Å². The number of sulfone groups is 1. The topological polar surface area (TPSA) is 154 Å². The maximum absolute atomic E-state index is 12.0. The molecule has 5 atom stereocenters. The van der Waals surface area contributed by atoms with Crippen molar-refractivity contribution in [2.24, 2.45) is 4.99 Å². The average Bonchev–Trinajstić information content (AvgIpc) is 3.29. The number of hydrogen-bond donors (Lipinski definition) is 3. The number of hydrogen-bond acceptors (Lipinski definition) is 13. The third-order valence-corrected chi connectivity index (χ3v) is 10.4. The molecule has 44 heavy (non-hydrogen) atoms. The van der Waals surface area contributed by atoms with E-state index in [9.17, 15) is 13.2 Å². The summed E-state index contributed by atoms with van der Waals surface area (Å²) in [6, 6.07) is 0.0950. The highest BCUT2D eigenvalue weighted by molar-refractivity contribution is 7.91. The lowest BCUT2D eigenvalue weighted by atomic mass is 10.1. The summed E-state index contributed by atoms with van der Waals surface area (Å²) >= 11 is 5.65. The zero-order chi connectivity index (χ0) is 34.6. The van der Waals surface area contributed by atoms with E-state index in [1.807, 2.05) is 27.7 Å². The number of carbonyl (C=O) groups is 1. The monoisotopic (exact) mass is 681 g/mol. The van der Waals surface area contributed by atoms with Crippen molar-refractivity contribution in [1.82, 2.24) is 25.3 Å². The summed E-state index contributed by atoms with van der Waals surface area (Å²) < 4.78 is 65.6. The van der Waals surface area contributed by atoms with E-state index in [-0.39, 0.29) is 60.5 Å². The van der Waals surface area contributed by atoms with E-state index in [0.717, 1.165) is 0 Å². The number of amidine groups is 1. The van der Waals surface area contributed by atoms with Crippen LogP contribution in [0.2, 0.25) is 0 Å². The summed E-state index contributed by atoms with van der Waals surface area (Å²) in [4.78, 5) is 19.3. The molecule has 2 unspecified atom stereocenters. The lowest BCUT2D eigenvalue weighted by Crippen LogP contribution is -2.50. The van der Waals surface area contributed by atoms with Gasteiger partial charge in [0.15, 0.2) is 22.2 Å². The second kappa shape index (κ2) is 17.6. The molecule has 0 aliphatic carbocycles. The number of thiocarbonyl (C=S) groups is 1. The smallest absolute Gasteiger partial charge is 0.277 e. The number of hydroxylamine groups is 1. The summed E-state index contributed by atoms with van der Waals surface area (Å²) in [7, 11) is -3.59. The van der Waals surface area contributed by atoms with Crippen molar-refractivity contribution in [3.8, 4) is 0 Å². The molecular weight excluding hydrogens is 631 g/mol. The Morgan fingerprint density at radius 3 is 2.55 bits per heavy atom. The molecule has 3 aliphatic heterocycles. The highest BCUT2D eigenvalue weighted by Crippen LogP contribution is 2.49. The van der Waals surface area contributed by atoms with Crippen LogP contribution in [-0.2, 0) is 33.3 Å². The van der Waals surface area contributed by atoms with Crippen molar-refractivity contribution < 1.29 is 38.3 Å². The molecule has 0 spiro atoms. The highest BCUT2D eigenvalue weighted by atomic mass is 32.2. The van der Waals surface area contributed by atoms with Gasteiger partial charge in [0.05, 0.1) is 17.6 Å². The Labute approximate surface area is 270 Å². The van der Waals surface area contributed by atoms with Gasteiger partial charge in [-0.2, -0.15) is 5.48 Å². The van der Waals surface area contributed by atoms with Crippen molar-refractivity contribution in [1.29, 1.82) is 1.43 Å². The zero-order valence-electron chi connectivity index (χ0n) is 28.2. The van der Waals surface area contributed by atoms with Crippen LogP contribution in [0.3, 0.4) is 0 Å². The van der Waals surface area contributed by atoms with Gasteiger partial charge in [-0.3, -0.25) is 4.79 Å². The number of aliphatic hydroxyl groups excluding tert-OH is 1. The van der Waals surface area contributed by atoms with Gasteiger partial charge < -0.3 is 34.2 Å². The van der Waals surface area contributed by atoms with Crippen LogP contribution < -0.4 is 10.8 Å². The quantitative estimate of drug-likeness (QED) is 0.0959. The fraction of sp³-hybridized carbons (Fsp3) is 0.667. The van der Waals surface area contributed by atoms with Crippen molar-refractivity contribution in [2.45, 2.75) is 78.1 Å². The Kier molecular flexibility index (Phi) is 14.0. The fourth-order valence-electron chi connectivity index (χ4n) is 4.58. The van der Waals surface area contributed by atoms with Gasteiger partial charge in [0.25, 0.3) is 13.7 Å². The van der Waals surface area contributed by atoms with Crippen molar-refractivity contribution in [3.05, 3.63) is 37.3 Å². The molecule has 250 valence electrons. The van der Waals surface area contributed by atoms with Crippen molar-refractivity contribution >= 4 is 47.5 Å². The second-order valence-corrected chi connectivity index (χ2v) is 14.5. The van der Waals surface area contributed by atoms with Crippen LogP contribution in [0.1, 0.15) is 42.9 Å². The molecule has 14 nitrogen and oxygen atoms in total. The van der Waals surface area contributed by atoms with Gasteiger partial charge in [-0.15, -0.1) is 6.58 Å². The normalized spacial score (nSPS) is 26.0. The Morgan fingerprint density at radius 1 is 1.39 bits per heavy atom. The SMILES string of the molecule is [2H]C[C@H]1O[C@@H](N2C=CC(NC(C)=O)=NC2=C)[C@@H](OC(=S)N2CCS(=O)(=O)CC2)C1OP(ONCC=C)N(C(C)C)C(C)C.[3H]OC. The summed E-state index contributed by atoms with van der Waals surface area (Å²) in [6.07, 6.45) is 1.57. The van der Waals surface area contributed by atoms with E-state index < -0.39 is 42.9 Å². The molecule has 0 saturated carbocycles. The van der Waals surface area contributed by atoms with Gasteiger partial charge in [-0.25, -0.2) is 22.7 Å². The molecule has 2 saturated heterocycles. The Morgan fingerprint density at radius 2 is 2.02 bits per heavy atom. The van der Waals surface area contributed by atoms with Crippen LogP contribution in [-0.4, -0.2) is 121 Å². The maximum atomic E-state index is 12.0. The molecule has 0 aromatic rings. The van der Waals surface area contributed by atoms with E-state index in [1.54, 1.807) is 28.2 Å². The lowest BCUT2D eigenvalue weighted by molar-refractivity contribution is -0.117. The number of ether oxygens (including phenoxy) is 2. The molecule has 3 rings (SSSR count). The number of aliphatic hydroxyl groups is 1. The number of amides is 1. The summed E-state index contributed by atoms with van der Waals surface area (Å²) in [5.74, 6) is 0.233. The average molecular weight is 682 g/mol. The molecule has 17 heteroatoms. The van der Waals surface area contributed by atoms with Gasteiger partial charge in [0.1, 0.15) is 17.8 Å². The lowest BCUT2D eigenvalue weighted by Gasteiger charge is -2.39. The maximum Gasteiger partial charge on any atom is 0.277 e.